The molecule has 4 unspecified atom stereocenters. The Hall–Kier alpha value is -2.89. The van der Waals surface area contributed by atoms with Crippen molar-refractivity contribution < 1.29 is 24.3 Å². The predicted octanol–water partition coefficient (Wildman–Crippen LogP) is -1.76. The Labute approximate surface area is 182 Å². The maximum Gasteiger partial charge on any atom is 0.326 e. The first kappa shape index (κ1) is 28.1. The SMILES string of the molecule is CCC(C)C(NC(=O)CNC(=O)C(N)CCCN=C(N)N)C(=O)NC(C(=O)O)C(C)C. The summed E-state index contributed by atoms with van der Waals surface area (Å²) in [6, 6.07) is -2.85. The van der Waals surface area contributed by atoms with E-state index in [0.717, 1.165) is 0 Å². The molecule has 0 aromatic heterocycles. The highest BCUT2D eigenvalue weighted by Gasteiger charge is 2.31. The number of guanidine groups is 1. The highest BCUT2D eigenvalue weighted by atomic mass is 16.4. The molecule has 31 heavy (non-hydrogen) atoms. The molecule has 0 aromatic carbocycles. The molecule has 0 radical (unpaired) electrons. The molecule has 12 nitrogen and oxygen atoms in total. The van der Waals surface area contributed by atoms with E-state index in [1.54, 1.807) is 20.8 Å². The monoisotopic (exact) mass is 443 g/mol. The average molecular weight is 444 g/mol. The van der Waals surface area contributed by atoms with Crippen molar-refractivity contribution in [3.05, 3.63) is 0 Å². The highest BCUT2D eigenvalue weighted by molar-refractivity contribution is 5.92. The molecule has 0 heterocycles. The third-order valence-corrected chi connectivity index (χ3v) is 4.77. The van der Waals surface area contributed by atoms with Crippen molar-refractivity contribution in [2.24, 2.45) is 34.0 Å². The molecule has 0 aliphatic heterocycles. The third kappa shape index (κ3) is 11.2. The van der Waals surface area contributed by atoms with Crippen molar-refractivity contribution >= 4 is 29.7 Å². The summed E-state index contributed by atoms with van der Waals surface area (Å²) in [5, 5.41) is 16.7. The van der Waals surface area contributed by atoms with Crippen LogP contribution >= 0.6 is 0 Å². The Morgan fingerprint density at radius 3 is 2.10 bits per heavy atom. The normalized spacial score (nSPS) is 14.6. The first-order valence-electron chi connectivity index (χ1n) is 10.3. The largest absolute Gasteiger partial charge is 0.480 e. The van der Waals surface area contributed by atoms with Crippen LogP contribution in [0.25, 0.3) is 0 Å². The molecule has 0 aliphatic carbocycles. The minimum Gasteiger partial charge on any atom is -0.480 e. The van der Waals surface area contributed by atoms with Crippen molar-refractivity contribution in [3.63, 3.8) is 0 Å². The molecule has 0 spiro atoms. The zero-order valence-electron chi connectivity index (χ0n) is 18.7. The van der Waals surface area contributed by atoms with Crippen molar-refractivity contribution in [2.75, 3.05) is 13.1 Å². The summed E-state index contributed by atoms with van der Waals surface area (Å²) in [6.45, 7) is 6.92. The van der Waals surface area contributed by atoms with Gasteiger partial charge in [0.05, 0.1) is 12.6 Å². The topological polar surface area (TPSA) is 215 Å². The number of carbonyl (C=O) groups excluding carboxylic acids is 3. The van der Waals surface area contributed by atoms with E-state index >= 15 is 0 Å². The van der Waals surface area contributed by atoms with Crippen molar-refractivity contribution in [1.82, 2.24) is 16.0 Å². The van der Waals surface area contributed by atoms with Gasteiger partial charge in [0.1, 0.15) is 12.1 Å². The van der Waals surface area contributed by atoms with Gasteiger partial charge < -0.3 is 38.3 Å². The van der Waals surface area contributed by atoms with Crippen LogP contribution in [0.3, 0.4) is 0 Å². The number of aliphatic carboxylic acids is 1. The highest BCUT2D eigenvalue weighted by Crippen LogP contribution is 2.10. The van der Waals surface area contributed by atoms with E-state index in [-0.39, 0.29) is 24.3 Å². The maximum atomic E-state index is 12.6. The molecule has 10 N–H and O–H groups in total. The summed E-state index contributed by atoms with van der Waals surface area (Å²) in [6.07, 6.45) is 1.40. The van der Waals surface area contributed by atoms with Gasteiger partial charge in [0.2, 0.25) is 17.7 Å². The molecular formula is C19H37N7O5. The molecule has 12 heteroatoms. The van der Waals surface area contributed by atoms with Crippen LogP contribution in [-0.2, 0) is 19.2 Å². The molecule has 0 saturated carbocycles. The number of aliphatic imine (C=N–C) groups is 1. The van der Waals surface area contributed by atoms with Crippen molar-refractivity contribution in [3.8, 4) is 0 Å². The zero-order chi connectivity index (χ0) is 24.1. The lowest BCUT2D eigenvalue weighted by atomic mass is 9.96. The van der Waals surface area contributed by atoms with Crippen molar-refractivity contribution in [2.45, 2.75) is 65.1 Å². The van der Waals surface area contributed by atoms with Gasteiger partial charge in [0.15, 0.2) is 5.96 Å². The number of amides is 3. The van der Waals surface area contributed by atoms with Crippen LogP contribution in [0.15, 0.2) is 4.99 Å². The summed E-state index contributed by atoms with van der Waals surface area (Å²) in [5.41, 5.74) is 16.2. The van der Waals surface area contributed by atoms with Gasteiger partial charge in [-0.25, -0.2) is 4.79 Å². The van der Waals surface area contributed by atoms with Crippen LogP contribution in [0.2, 0.25) is 0 Å². The standard InChI is InChI=1S/C19H37N7O5/c1-5-11(4)15(17(29)26-14(10(2)3)18(30)31)25-13(27)9-24-16(28)12(20)7-6-8-23-19(21)22/h10-12,14-15H,5-9,20H2,1-4H3,(H,24,28)(H,25,27)(H,26,29)(H,30,31)(H4,21,22,23). The van der Waals surface area contributed by atoms with E-state index in [4.69, 9.17) is 17.2 Å². The minimum atomic E-state index is -1.15. The number of nitrogens with zero attached hydrogens (tertiary/aromatic N) is 1. The number of rotatable bonds is 14. The van der Waals surface area contributed by atoms with E-state index in [9.17, 15) is 24.3 Å². The maximum absolute atomic E-state index is 12.6. The third-order valence-electron chi connectivity index (χ3n) is 4.77. The smallest absolute Gasteiger partial charge is 0.326 e. The molecule has 0 fully saturated rings. The second-order valence-electron chi connectivity index (χ2n) is 7.77. The van der Waals surface area contributed by atoms with Gasteiger partial charge in [-0.2, -0.15) is 0 Å². The fourth-order valence-electron chi connectivity index (χ4n) is 2.63. The van der Waals surface area contributed by atoms with E-state index in [1.807, 2.05) is 6.92 Å². The number of hydrogen-bond acceptors (Lipinski definition) is 6. The predicted molar refractivity (Wildman–Crippen MR) is 117 cm³/mol. The van der Waals surface area contributed by atoms with Crippen LogP contribution in [0.1, 0.15) is 47.0 Å². The van der Waals surface area contributed by atoms with Gasteiger partial charge >= 0.3 is 5.97 Å². The lowest BCUT2D eigenvalue weighted by Crippen LogP contribution is -2.56. The molecule has 0 saturated heterocycles. The van der Waals surface area contributed by atoms with Crippen LogP contribution in [0, 0.1) is 11.8 Å². The summed E-state index contributed by atoms with van der Waals surface area (Å²) in [7, 11) is 0. The lowest BCUT2D eigenvalue weighted by molar-refractivity contribution is -0.143. The van der Waals surface area contributed by atoms with Crippen LogP contribution in [-0.4, -0.2) is 66.0 Å². The molecule has 4 atom stereocenters. The zero-order valence-corrected chi connectivity index (χ0v) is 18.7. The first-order chi connectivity index (χ1) is 14.4. The molecule has 3 amide bonds. The molecule has 0 aromatic rings. The minimum absolute atomic E-state index is 0.0438. The number of hydrogen-bond donors (Lipinski definition) is 7. The molecule has 178 valence electrons. The van der Waals surface area contributed by atoms with E-state index in [0.29, 0.717) is 25.8 Å². The van der Waals surface area contributed by atoms with Crippen molar-refractivity contribution in [1.29, 1.82) is 0 Å². The fraction of sp³-hybridized carbons (Fsp3) is 0.737. The second-order valence-corrected chi connectivity index (χ2v) is 7.77. The first-order valence-corrected chi connectivity index (χ1v) is 10.3. The summed E-state index contributed by atoms with van der Waals surface area (Å²) >= 11 is 0. The van der Waals surface area contributed by atoms with Gasteiger partial charge in [0, 0.05) is 6.54 Å². The lowest BCUT2D eigenvalue weighted by Gasteiger charge is -2.26. The Kier molecular flexibility index (Phi) is 12.9. The summed E-state index contributed by atoms with van der Waals surface area (Å²) in [5.74, 6) is -3.47. The number of carboxylic acids is 1. The Balaban J connectivity index is 4.78. The van der Waals surface area contributed by atoms with Gasteiger partial charge in [-0.15, -0.1) is 0 Å². The quantitative estimate of drug-likeness (QED) is 0.0924. The number of carboxylic acid groups (broad SMARTS) is 1. The Morgan fingerprint density at radius 2 is 1.61 bits per heavy atom. The van der Waals surface area contributed by atoms with Gasteiger partial charge in [0.25, 0.3) is 0 Å². The van der Waals surface area contributed by atoms with Gasteiger partial charge in [-0.1, -0.05) is 34.1 Å². The molecule has 0 bridgehead atoms. The van der Waals surface area contributed by atoms with Crippen LogP contribution < -0.4 is 33.2 Å². The van der Waals surface area contributed by atoms with Gasteiger partial charge in [-0.3, -0.25) is 19.4 Å². The fourth-order valence-corrected chi connectivity index (χ4v) is 2.63. The van der Waals surface area contributed by atoms with E-state index in [1.165, 1.54) is 0 Å². The Morgan fingerprint density at radius 1 is 1.00 bits per heavy atom. The molecule has 0 aliphatic rings. The second kappa shape index (κ2) is 14.2. The molecular weight excluding hydrogens is 406 g/mol. The number of carbonyl (C=O) groups is 4. The summed E-state index contributed by atoms with van der Waals surface area (Å²) < 4.78 is 0. The van der Waals surface area contributed by atoms with Crippen LogP contribution in [0.5, 0.6) is 0 Å². The van der Waals surface area contributed by atoms with E-state index < -0.39 is 41.8 Å². The van der Waals surface area contributed by atoms with Crippen LogP contribution in [0.4, 0.5) is 0 Å². The summed E-state index contributed by atoms with van der Waals surface area (Å²) in [4.78, 5) is 52.1. The Bertz CT molecular complexity index is 650. The molecule has 0 rings (SSSR count). The average Bonchev–Trinajstić information content (AvgIpc) is 2.69. The van der Waals surface area contributed by atoms with Gasteiger partial charge in [-0.05, 0) is 24.7 Å². The number of nitrogens with one attached hydrogen (secondary N) is 3. The van der Waals surface area contributed by atoms with E-state index in [2.05, 4.69) is 20.9 Å². The number of nitrogens with two attached hydrogens (primary N) is 3.